The Balaban J connectivity index is 1.51. The summed E-state index contributed by atoms with van der Waals surface area (Å²) >= 11 is 1.64. The molecule has 1 unspecified atom stereocenters. The topological polar surface area (TPSA) is 70.9 Å². The quantitative estimate of drug-likeness (QED) is 0.394. The lowest BCUT2D eigenvalue weighted by Gasteiger charge is -2.20. The van der Waals surface area contributed by atoms with E-state index in [0.717, 1.165) is 21.8 Å². The van der Waals surface area contributed by atoms with Crippen molar-refractivity contribution in [3.05, 3.63) is 84.1 Å². The lowest BCUT2D eigenvalue weighted by Crippen LogP contribution is -2.32. The van der Waals surface area contributed by atoms with Gasteiger partial charge in [0, 0.05) is 4.90 Å². The zero-order chi connectivity index (χ0) is 20.2. The van der Waals surface area contributed by atoms with E-state index >= 15 is 0 Å². The van der Waals surface area contributed by atoms with E-state index in [1.807, 2.05) is 54.6 Å². The number of imidazole rings is 1. The fraction of sp³-hybridized carbons (Fsp3) is 0.217. The van der Waals surface area contributed by atoms with Crippen LogP contribution in [-0.4, -0.2) is 15.9 Å². The van der Waals surface area contributed by atoms with E-state index in [9.17, 15) is 4.79 Å². The molecular formula is C23H23N3O2S. The first kappa shape index (κ1) is 19.3. The summed E-state index contributed by atoms with van der Waals surface area (Å²) in [6.45, 7) is 4.14. The van der Waals surface area contributed by atoms with E-state index in [1.165, 1.54) is 0 Å². The first-order valence-corrected chi connectivity index (χ1v) is 10.6. The maximum atomic E-state index is 13.0. The number of para-hydroxylation sites is 2. The van der Waals surface area contributed by atoms with Crippen molar-refractivity contribution in [2.45, 2.75) is 30.5 Å². The zero-order valence-corrected chi connectivity index (χ0v) is 17.2. The number of aromatic nitrogens is 2. The largest absolute Gasteiger partial charge is 0.468 e. The summed E-state index contributed by atoms with van der Waals surface area (Å²) in [5.41, 5.74) is 2.42. The summed E-state index contributed by atoms with van der Waals surface area (Å²) in [5.74, 6) is 2.05. The third kappa shape index (κ3) is 4.38. The van der Waals surface area contributed by atoms with Gasteiger partial charge in [0.25, 0.3) is 5.91 Å². The SMILES string of the molecule is CC(C)C(NC(=O)c1ccoc1CSc1ccccc1)c1nc2ccccc2[nH]1. The Bertz CT molecular complexity index is 1070. The van der Waals surface area contributed by atoms with E-state index in [0.29, 0.717) is 17.1 Å². The lowest BCUT2D eigenvalue weighted by molar-refractivity contribution is 0.0921. The summed E-state index contributed by atoms with van der Waals surface area (Å²) in [5, 5.41) is 3.13. The third-order valence-corrected chi connectivity index (χ3v) is 5.77. The van der Waals surface area contributed by atoms with Crippen LogP contribution in [0.4, 0.5) is 0 Å². The number of aromatic amines is 1. The number of carbonyl (C=O) groups excluding carboxylic acids is 1. The van der Waals surface area contributed by atoms with Crippen molar-refractivity contribution in [3.8, 4) is 0 Å². The monoisotopic (exact) mass is 405 g/mol. The maximum absolute atomic E-state index is 13.0. The zero-order valence-electron chi connectivity index (χ0n) is 16.4. The molecule has 2 aromatic heterocycles. The van der Waals surface area contributed by atoms with Gasteiger partial charge in [-0.25, -0.2) is 4.98 Å². The molecule has 6 heteroatoms. The van der Waals surface area contributed by atoms with Gasteiger partial charge in [0.15, 0.2) is 0 Å². The standard InChI is InChI=1S/C23H23N3O2S/c1-15(2)21(22-24-18-10-6-7-11-19(18)25-22)26-23(27)17-12-13-28-20(17)14-29-16-8-4-3-5-9-16/h3-13,15,21H,14H2,1-2H3,(H,24,25)(H,26,27). The Morgan fingerprint density at radius 1 is 1.10 bits per heavy atom. The van der Waals surface area contributed by atoms with E-state index < -0.39 is 0 Å². The predicted molar refractivity (Wildman–Crippen MR) is 116 cm³/mol. The molecule has 2 heterocycles. The van der Waals surface area contributed by atoms with Gasteiger partial charge in [0.05, 0.1) is 34.7 Å². The normalized spacial score (nSPS) is 12.4. The van der Waals surface area contributed by atoms with Crippen LogP contribution < -0.4 is 5.32 Å². The number of nitrogens with one attached hydrogen (secondary N) is 2. The minimum absolute atomic E-state index is 0.151. The van der Waals surface area contributed by atoms with Crippen molar-refractivity contribution < 1.29 is 9.21 Å². The fourth-order valence-corrected chi connectivity index (χ4v) is 4.08. The molecule has 4 aromatic rings. The number of rotatable bonds is 7. The number of thioether (sulfide) groups is 1. The van der Waals surface area contributed by atoms with Gasteiger partial charge in [-0.15, -0.1) is 11.8 Å². The van der Waals surface area contributed by atoms with E-state index in [1.54, 1.807) is 24.1 Å². The van der Waals surface area contributed by atoms with Crippen LogP contribution >= 0.6 is 11.8 Å². The van der Waals surface area contributed by atoms with Crippen molar-refractivity contribution in [1.29, 1.82) is 0 Å². The highest BCUT2D eigenvalue weighted by molar-refractivity contribution is 7.98. The third-order valence-electron chi connectivity index (χ3n) is 4.76. The maximum Gasteiger partial charge on any atom is 0.255 e. The summed E-state index contributed by atoms with van der Waals surface area (Å²) in [7, 11) is 0. The van der Waals surface area contributed by atoms with Crippen LogP contribution in [0.25, 0.3) is 11.0 Å². The summed E-state index contributed by atoms with van der Waals surface area (Å²) < 4.78 is 5.60. The van der Waals surface area contributed by atoms with Gasteiger partial charge in [-0.1, -0.05) is 44.2 Å². The molecule has 0 saturated heterocycles. The summed E-state index contributed by atoms with van der Waals surface area (Å²) in [4.78, 5) is 22.2. The molecule has 0 spiro atoms. The van der Waals surface area contributed by atoms with Gasteiger partial charge in [-0.05, 0) is 36.2 Å². The van der Waals surface area contributed by atoms with Gasteiger partial charge in [0.1, 0.15) is 11.6 Å². The molecule has 148 valence electrons. The summed E-state index contributed by atoms with van der Waals surface area (Å²) in [6.07, 6.45) is 1.57. The minimum atomic E-state index is -0.223. The van der Waals surface area contributed by atoms with Gasteiger partial charge < -0.3 is 14.7 Å². The van der Waals surface area contributed by atoms with Crippen LogP contribution in [-0.2, 0) is 5.75 Å². The average molecular weight is 406 g/mol. The molecule has 0 bridgehead atoms. The van der Waals surface area contributed by atoms with Gasteiger partial charge in [-0.2, -0.15) is 0 Å². The number of furan rings is 1. The van der Waals surface area contributed by atoms with Crippen molar-refractivity contribution in [3.63, 3.8) is 0 Å². The first-order valence-electron chi connectivity index (χ1n) is 9.61. The van der Waals surface area contributed by atoms with Crippen molar-refractivity contribution in [2.24, 2.45) is 5.92 Å². The van der Waals surface area contributed by atoms with Crippen LogP contribution in [0.15, 0.2) is 76.2 Å². The molecule has 0 radical (unpaired) electrons. The molecule has 4 rings (SSSR count). The number of H-pyrrole nitrogens is 1. The van der Waals surface area contributed by atoms with Crippen molar-refractivity contribution in [1.82, 2.24) is 15.3 Å². The number of hydrogen-bond acceptors (Lipinski definition) is 4. The van der Waals surface area contributed by atoms with Gasteiger partial charge in [-0.3, -0.25) is 4.79 Å². The van der Waals surface area contributed by atoms with Crippen LogP contribution in [0.2, 0.25) is 0 Å². The molecule has 1 atom stereocenters. The number of nitrogens with zero attached hydrogens (tertiary/aromatic N) is 1. The molecule has 0 aliphatic carbocycles. The van der Waals surface area contributed by atoms with Crippen LogP contribution in [0, 0.1) is 5.92 Å². The second kappa shape index (κ2) is 8.57. The van der Waals surface area contributed by atoms with Crippen LogP contribution in [0.5, 0.6) is 0 Å². The Labute approximate surface area is 173 Å². The second-order valence-corrected chi connectivity index (χ2v) is 8.24. The summed E-state index contributed by atoms with van der Waals surface area (Å²) in [6, 6.07) is 19.5. The Morgan fingerprint density at radius 2 is 1.86 bits per heavy atom. The van der Waals surface area contributed by atoms with Crippen LogP contribution in [0.1, 0.15) is 41.8 Å². The van der Waals surface area contributed by atoms with Crippen molar-refractivity contribution >= 4 is 28.7 Å². The molecule has 1 amide bonds. The first-order chi connectivity index (χ1) is 14.1. The highest BCUT2D eigenvalue weighted by atomic mass is 32.2. The number of hydrogen-bond donors (Lipinski definition) is 2. The Hall–Kier alpha value is -2.99. The molecule has 0 fully saturated rings. The lowest BCUT2D eigenvalue weighted by atomic mass is 10.0. The van der Waals surface area contributed by atoms with Crippen LogP contribution in [0.3, 0.4) is 0 Å². The second-order valence-electron chi connectivity index (χ2n) is 7.19. The molecule has 0 saturated carbocycles. The van der Waals surface area contributed by atoms with E-state index in [-0.39, 0.29) is 17.9 Å². The van der Waals surface area contributed by atoms with E-state index in [2.05, 4.69) is 29.1 Å². The highest BCUT2D eigenvalue weighted by Crippen LogP contribution is 2.26. The molecule has 0 aliphatic rings. The Morgan fingerprint density at radius 3 is 2.62 bits per heavy atom. The smallest absolute Gasteiger partial charge is 0.255 e. The van der Waals surface area contributed by atoms with E-state index in [4.69, 9.17) is 4.42 Å². The molecule has 2 aromatic carbocycles. The molecular weight excluding hydrogens is 382 g/mol. The Kier molecular flexibility index (Phi) is 5.71. The molecule has 29 heavy (non-hydrogen) atoms. The highest BCUT2D eigenvalue weighted by Gasteiger charge is 2.24. The number of fused-ring (bicyclic) bond motifs is 1. The number of carbonyl (C=O) groups is 1. The van der Waals surface area contributed by atoms with Crippen molar-refractivity contribution in [2.75, 3.05) is 0 Å². The number of benzene rings is 2. The average Bonchev–Trinajstić information content (AvgIpc) is 3.37. The van der Waals surface area contributed by atoms with Gasteiger partial charge in [0.2, 0.25) is 0 Å². The fourth-order valence-electron chi connectivity index (χ4n) is 3.21. The molecule has 5 nitrogen and oxygen atoms in total. The molecule has 0 aliphatic heterocycles. The number of amides is 1. The van der Waals surface area contributed by atoms with Gasteiger partial charge >= 0.3 is 0 Å². The molecule has 2 N–H and O–H groups in total. The predicted octanol–water partition coefficient (Wildman–Crippen LogP) is 5.58. The minimum Gasteiger partial charge on any atom is -0.468 e.